The van der Waals surface area contributed by atoms with Crippen molar-refractivity contribution in [2.45, 2.75) is 35.0 Å². The molecule has 0 aliphatic carbocycles. The smallest absolute Gasteiger partial charge is 1.00 e. The van der Waals surface area contributed by atoms with Gasteiger partial charge >= 0.3 is 171 Å². The van der Waals surface area contributed by atoms with Gasteiger partial charge < -0.3 is 11.5 Å². The topological polar surface area (TPSA) is 143 Å². The molecular weight excluding hydrogens is 1240 g/mol. The molecule has 7 aromatic carbocycles. The second-order valence-corrected chi connectivity index (χ2v) is 28.4. The molecule has 9 nitrogen and oxygen atoms in total. The van der Waals surface area contributed by atoms with Crippen LogP contribution in [0.15, 0.2) is 321 Å². The quantitative estimate of drug-likeness (QED) is 0.0690. The summed E-state index contributed by atoms with van der Waals surface area (Å²) in [5.74, 6) is 0. The van der Waals surface area contributed by atoms with Crippen molar-refractivity contribution in [1.82, 2.24) is 19.9 Å². The van der Waals surface area contributed by atoms with E-state index in [2.05, 4.69) is 156 Å². The van der Waals surface area contributed by atoms with Crippen LogP contribution in [0.25, 0.3) is 6.08 Å². The minimum Gasteiger partial charge on any atom is -1.00 e. The van der Waals surface area contributed by atoms with Crippen LogP contribution >= 0.6 is 36.7 Å². The summed E-state index contributed by atoms with van der Waals surface area (Å²) in [4.78, 5) is 45.9. The van der Waals surface area contributed by atoms with Gasteiger partial charge in [-0.15, -0.1) is 0 Å². The maximum atomic E-state index is 10.0. The largest absolute Gasteiger partial charge is 1.00 e. The van der Waals surface area contributed by atoms with Crippen LogP contribution in [-0.2, 0) is 0 Å². The van der Waals surface area contributed by atoms with Gasteiger partial charge in [0.25, 0.3) is 0 Å². The number of pyridine rings is 4. The van der Waals surface area contributed by atoms with E-state index in [-0.39, 0.29) is 38.4 Å². The zero-order valence-electron chi connectivity index (χ0n) is 50.6. The summed E-state index contributed by atoms with van der Waals surface area (Å²) in [6.45, 7) is 13.2. The maximum Gasteiger partial charge on any atom is 1.00 e. The summed E-state index contributed by atoms with van der Waals surface area (Å²) in [5.41, 5.74) is 6.58. The van der Waals surface area contributed by atoms with Crippen LogP contribution in [0, 0.1) is 20.8 Å². The predicted octanol–water partition coefficient (Wildman–Crippen LogP) is 14.1. The van der Waals surface area contributed by atoms with Gasteiger partial charge in [-0.1, -0.05) is 166 Å². The molecule has 0 atom stereocenters. The van der Waals surface area contributed by atoms with Crippen LogP contribution in [0.2, 0.25) is 6.82 Å². The van der Waals surface area contributed by atoms with Gasteiger partial charge in [0.05, 0.1) is 0 Å². The fourth-order valence-corrected chi connectivity index (χ4v) is 12.6. The summed E-state index contributed by atoms with van der Waals surface area (Å²) in [6.07, 6.45) is 11.4. The minimum atomic E-state index is -2.56. The summed E-state index contributed by atoms with van der Waals surface area (Å²) in [5, 5.41) is 16.7. The molecule has 0 aliphatic rings. The Labute approximate surface area is 557 Å². The van der Waals surface area contributed by atoms with Crippen molar-refractivity contribution in [3.05, 3.63) is 360 Å². The molecule has 0 spiro atoms. The molecule has 4 heterocycles. The molecule has 11 aromatic rings. The molecule has 0 saturated heterocycles. The van der Waals surface area contributed by atoms with Crippen molar-refractivity contribution in [2.24, 2.45) is 0 Å². The molecule has 11 rings (SSSR count). The number of carbonyl (C=O) groups excluding carboxylic acids is 3. The first-order valence-electron chi connectivity index (χ1n) is 26.8. The molecular formula is C73H79BBr2N4NaO5P. The molecule has 14 heteroatoms. The fraction of sp³-hybridized carbons (Fsp3) is 0.0822. The first-order chi connectivity index (χ1) is 41.2. The van der Waals surface area contributed by atoms with E-state index in [1.54, 1.807) is 61.2 Å². The second-order valence-electron chi connectivity index (χ2n) is 17.8. The molecule has 0 aliphatic heterocycles. The number of rotatable bonds is 7. The summed E-state index contributed by atoms with van der Waals surface area (Å²) in [6, 6.07) is 92.9. The minimum absolute atomic E-state index is 0. The Hall–Kier alpha value is -7.74. The number of hydrogen-bond donors (Lipinski definition) is 2. The van der Waals surface area contributed by atoms with E-state index in [9.17, 15) is 14.4 Å². The van der Waals surface area contributed by atoms with E-state index < -0.39 is 12.4 Å². The van der Waals surface area contributed by atoms with Gasteiger partial charge in [0.2, 0.25) is 0 Å². The molecule has 4 aromatic heterocycles. The van der Waals surface area contributed by atoms with Crippen molar-refractivity contribution in [3.63, 3.8) is 0 Å². The number of hydrogen-bond acceptors (Lipinski definition) is 9. The van der Waals surface area contributed by atoms with Crippen molar-refractivity contribution < 1.29 is 55.4 Å². The van der Waals surface area contributed by atoms with Crippen LogP contribution in [0.1, 0.15) is 62.6 Å². The number of halogens is 2. The SMILES string of the molecule is Brc1ccccn1.C.C=Cc1ccccc1.CB(O)O.CP(Br)(c1ccccc1)(c1ccccc1)c1ccccc1.Cc1ccccn1.Cc1ccccn1.Cc1ccccn1.O=Cc1ccccc1.O=Cc1ccccc1.O=Cc1ccccc1.[H-].[Na+]. The molecule has 0 amide bonds. The van der Waals surface area contributed by atoms with Gasteiger partial charge in [-0.25, -0.2) is 4.98 Å². The summed E-state index contributed by atoms with van der Waals surface area (Å²) in [7, 11) is -1.17. The Morgan fingerprint density at radius 1 is 0.391 bits per heavy atom. The standard InChI is InChI=1S/C19H18BrP.C8H8.3C7H6O.3C6H7N.C5H4BrN.CH5BO2.CH4.Na.H/c1-21(20,17-11-5-2-6-12-17,18-13-7-3-8-14-18)19-15-9-4-10-16-19;1-2-8-6-4-3-5-7-8;3*8-6-7-4-2-1-3-5-7;3*1-6-4-2-3-5-7-6;6-5-3-1-2-4-7-5;1-2(3)4;;;/h2-16H,1H3;2-7H,1H2;3*1-6H;3*2-5H,1H3;1-4H;3-4H,1H3;1H4;;/q;;;;;;;;;;;+1;-1. The average molecular weight is 1320 g/mol. The van der Waals surface area contributed by atoms with E-state index in [0.29, 0.717) is 0 Å². The first-order valence-corrected chi connectivity index (χ1v) is 32.3. The number of benzene rings is 7. The molecule has 2 N–H and O–H groups in total. The molecule has 0 unspecified atom stereocenters. The van der Waals surface area contributed by atoms with Crippen LogP contribution in [0.5, 0.6) is 0 Å². The summed E-state index contributed by atoms with van der Waals surface area (Å²) >= 11 is 7.44. The van der Waals surface area contributed by atoms with Gasteiger partial charge in [-0.3, -0.25) is 29.3 Å². The van der Waals surface area contributed by atoms with E-state index in [1.807, 2.05) is 185 Å². The number of nitrogens with zero attached hydrogens (tertiary/aromatic N) is 4. The number of aldehydes is 3. The molecule has 444 valence electrons. The van der Waals surface area contributed by atoms with Gasteiger partial charge in [0.15, 0.2) is 0 Å². The van der Waals surface area contributed by atoms with Crippen molar-refractivity contribution in [1.29, 1.82) is 0 Å². The molecule has 87 heavy (non-hydrogen) atoms. The number of aryl methyl sites for hydroxylation is 3. The van der Waals surface area contributed by atoms with Crippen LogP contribution in [0.4, 0.5) is 0 Å². The fourth-order valence-electron chi connectivity index (χ4n) is 6.66. The van der Waals surface area contributed by atoms with E-state index >= 15 is 0 Å². The normalized spacial score (nSPS) is 9.46. The van der Waals surface area contributed by atoms with Crippen LogP contribution in [0.3, 0.4) is 0 Å². The summed E-state index contributed by atoms with van der Waals surface area (Å²) < 4.78 is 0.884. The van der Waals surface area contributed by atoms with Gasteiger partial charge in [-0.05, 0) is 97.6 Å². The second kappa shape index (κ2) is 49.4. The molecule has 0 bridgehead atoms. The van der Waals surface area contributed by atoms with Crippen LogP contribution < -0.4 is 45.5 Å². The Balaban J connectivity index is 0. The van der Waals surface area contributed by atoms with E-state index in [4.69, 9.17) is 10.0 Å². The Morgan fingerprint density at radius 2 is 0.598 bits per heavy atom. The van der Waals surface area contributed by atoms with Gasteiger partial charge in [-0.2, -0.15) is 0 Å². The van der Waals surface area contributed by atoms with E-state index in [0.717, 1.165) is 57.2 Å². The Morgan fingerprint density at radius 3 is 0.724 bits per heavy atom. The Kier molecular flexibility index (Phi) is 45.0. The Bertz CT molecular complexity index is 2970. The third kappa shape index (κ3) is 36.1. The van der Waals surface area contributed by atoms with Gasteiger partial charge in [0, 0.05) is 58.6 Å². The zero-order valence-corrected chi connectivity index (χ0v) is 55.7. The third-order valence-corrected chi connectivity index (χ3v) is 19.8. The predicted molar refractivity (Wildman–Crippen MR) is 375 cm³/mol. The number of aromatic nitrogens is 4. The van der Waals surface area contributed by atoms with Crippen LogP contribution in [-0.4, -0.2) is 62.6 Å². The number of carbonyl (C=O) groups is 3. The van der Waals surface area contributed by atoms with Crippen molar-refractivity contribution >= 4 is 84.7 Å². The molecule has 0 saturated carbocycles. The first kappa shape index (κ1) is 79.3. The maximum absolute atomic E-state index is 10.0. The monoisotopic (exact) mass is 1310 g/mol. The van der Waals surface area contributed by atoms with Crippen molar-refractivity contribution in [2.75, 3.05) is 6.66 Å². The van der Waals surface area contributed by atoms with E-state index in [1.165, 1.54) is 28.3 Å². The molecule has 0 fully saturated rings. The average Bonchev–Trinajstić information content (AvgIpc) is 0.788. The van der Waals surface area contributed by atoms with Crippen molar-refractivity contribution in [3.8, 4) is 0 Å². The van der Waals surface area contributed by atoms with Gasteiger partial charge in [0.1, 0.15) is 23.5 Å². The third-order valence-electron chi connectivity index (χ3n) is 11.0. The zero-order chi connectivity index (χ0) is 62.1. The molecule has 0 radical (unpaired) electrons.